The highest BCUT2D eigenvalue weighted by atomic mass is 127. The van der Waals surface area contributed by atoms with E-state index in [1.54, 1.807) is 6.20 Å². The second-order valence-corrected chi connectivity index (χ2v) is 4.50. The normalized spacial score (nSPS) is 14.9. The minimum absolute atomic E-state index is 0. The van der Waals surface area contributed by atoms with Crippen LogP contribution >= 0.6 is 24.0 Å². The Balaban J connectivity index is 0.00000162. The van der Waals surface area contributed by atoms with Crippen molar-refractivity contribution < 1.29 is 0 Å². The predicted molar refractivity (Wildman–Crippen MR) is 85.5 cm³/mol. The van der Waals surface area contributed by atoms with Crippen LogP contribution in [0.3, 0.4) is 0 Å². The number of guanidine groups is 1. The number of nitrogens with one attached hydrogen (secondary N) is 1. The van der Waals surface area contributed by atoms with Gasteiger partial charge in [-0.3, -0.25) is 0 Å². The molecule has 1 aliphatic carbocycles. The van der Waals surface area contributed by atoms with E-state index in [1.165, 1.54) is 12.8 Å². The fraction of sp³-hybridized carbons (Fsp3) is 0.500. The third kappa shape index (κ3) is 4.32. The molecule has 1 heterocycles. The van der Waals surface area contributed by atoms with Crippen LogP contribution in [0.15, 0.2) is 23.3 Å². The van der Waals surface area contributed by atoms with Crippen molar-refractivity contribution >= 4 is 35.8 Å². The van der Waals surface area contributed by atoms with Gasteiger partial charge in [-0.15, -0.1) is 24.0 Å². The topological polar surface area (TPSA) is 66.5 Å². The van der Waals surface area contributed by atoms with E-state index in [4.69, 9.17) is 5.73 Å². The number of hydrogen-bond acceptors (Lipinski definition) is 3. The Morgan fingerprint density at radius 2 is 2.28 bits per heavy atom. The molecule has 1 aromatic heterocycles. The Bertz CT molecular complexity index is 415. The highest BCUT2D eigenvalue weighted by molar-refractivity contribution is 14.0. The fourth-order valence-corrected chi connectivity index (χ4v) is 1.61. The highest BCUT2D eigenvalue weighted by Crippen LogP contribution is 2.18. The SMILES string of the molecule is CN(C)c1ncccc1CN=C(N)NC1CC1.I. The maximum Gasteiger partial charge on any atom is 0.189 e. The number of aromatic nitrogens is 1. The van der Waals surface area contributed by atoms with Gasteiger partial charge in [-0.05, 0) is 18.9 Å². The summed E-state index contributed by atoms with van der Waals surface area (Å²) in [5, 5.41) is 3.17. The first kappa shape index (κ1) is 15.0. The number of halogens is 1. The van der Waals surface area contributed by atoms with Gasteiger partial charge in [-0.1, -0.05) is 6.07 Å². The van der Waals surface area contributed by atoms with Crippen molar-refractivity contribution in [3.8, 4) is 0 Å². The van der Waals surface area contributed by atoms with Crippen LogP contribution in [-0.2, 0) is 6.54 Å². The molecular weight excluding hydrogens is 341 g/mol. The van der Waals surface area contributed by atoms with Gasteiger partial charge in [0.2, 0.25) is 0 Å². The lowest BCUT2D eigenvalue weighted by Gasteiger charge is -2.14. The molecule has 1 aliphatic rings. The molecule has 0 radical (unpaired) electrons. The Morgan fingerprint density at radius 3 is 2.89 bits per heavy atom. The zero-order chi connectivity index (χ0) is 12.3. The number of anilines is 1. The van der Waals surface area contributed by atoms with Crippen molar-refractivity contribution in [2.24, 2.45) is 10.7 Å². The van der Waals surface area contributed by atoms with E-state index in [0.717, 1.165) is 11.4 Å². The molecule has 100 valence electrons. The highest BCUT2D eigenvalue weighted by Gasteiger charge is 2.21. The van der Waals surface area contributed by atoms with E-state index in [1.807, 2.05) is 31.1 Å². The Labute approximate surface area is 125 Å². The molecule has 0 amide bonds. The molecule has 1 saturated carbocycles. The molecule has 1 fully saturated rings. The Kier molecular flexibility index (Phi) is 5.64. The van der Waals surface area contributed by atoms with Gasteiger partial charge >= 0.3 is 0 Å². The van der Waals surface area contributed by atoms with Gasteiger partial charge < -0.3 is 16.0 Å². The number of hydrogen-bond donors (Lipinski definition) is 2. The summed E-state index contributed by atoms with van der Waals surface area (Å²) in [7, 11) is 3.95. The molecule has 1 aromatic rings. The van der Waals surface area contributed by atoms with Crippen LogP contribution < -0.4 is 16.0 Å². The summed E-state index contributed by atoms with van der Waals surface area (Å²) in [4.78, 5) is 10.6. The molecule has 2 rings (SSSR count). The van der Waals surface area contributed by atoms with E-state index in [2.05, 4.69) is 15.3 Å². The van der Waals surface area contributed by atoms with Gasteiger partial charge in [0.1, 0.15) is 5.82 Å². The molecule has 0 atom stereocenters. The molecule has 0 aliphatic heterocycles. The van der Waals surface area contributed by atoms with Crippen LogP contribution in [0, 0.1) is 0 Å². The molecule has 18 heavy (non-hydrogen) atoms. The number of aliphatic imine (C=N–C) groups is 1. The summed E-state index contributed by atoms with van der Waals surface area (Å²) in [6.45, 7) is 0.562. The van der Waals surface area contributed by atoms with Gasteiger partial charge in [0.15, 0.2) is 5.96 Å². The maximum absolute atomic E-state index is 5.79. The second kappa shape index (κ2) is 6.77. The van der Waals surface area contributed by atoms with Crippen LogP contribution in [-0.4, -0.2) is 31.1 Å². The third-order valence-electron chi connectivity index (χ3n) is 2.64. The summed E-state index contributed by atoms with van der Waals surface area (Å²) in [5.74, 6) is 1.47. The van der Waals surface area contributed by atoms with Gasteiger partial charge in [0.25, 0.3) is 0 Å². The number of pyridine rings is 1. The molecule has 0 saturated heterocycles. The summed E-state index contributed by atoms with van der Waals surface area (Å²) in [6, 6.07) is 4.49. The van der Waals surface area contributed by atoms with Gasteiger partial charge in [-0.25, -0.2) is 9.98 Å². The predicted octanol–water partition coefficient (Wildman–Crippen LogP) is 1.33. The minimum atomic E-state index is 0. The van der Waals surface area contributed by atoms with Gasteiger partial charge in [0.05, 0.1) is 6.54 Å². The average molecular weight is 361 g/mol. The maximum atomic E-state index is 5.79. The van der Waals surface area contributed by atoms with Crippen LogP contribution in [0.5, 0.6) is 0 Å². The molecule has 6 heteroatoms. The summed E-state index contributed by atoms with van der Waals surface area (Å²) in [6.07, 6.45) is 4.19. The fourth-order valence-electron chi connectivity index (χ4n) is 1.61. The molecule has 0 unspecified atom stereocenters. The van der Waals surface area contributed by atoms with Crippen LogP contribution in [0.4, 0.5) is 5.82 Å². The number of rotatable bonds is 4. The molecule has 0 spiro atoms. The standard InChI is InChI=1S/C12H19N5.HI/c1-17(2)11-9(4-3-7-14-11)8-15-12(13)16-10-5-6-10;/h3-4,7,10H,5-6,8H2,1-2H3,(H3,13,15,16);1H. The summed E-state index contributed by atoms with van der Waals surface area (Å²) >= 11 is 0. The first-order valence-corrected chi connectivity index (χ1v) is 5.84. The second-order valence-electron chi connectivity index (χ2n) is 4.50. The lowest BCUT2D eigenvalue weighted by Crippen LogP contribution is -2.33. The number of nitrogens with two attached hydrogens (primary N) is 1. The Hall–Kier alpha value is -1.05. The first-order valence-electron chi connectivity index (χ1n) is 5.84. The number of nitrogens with zero attached hydrogens (tertiary/aromatic N) is 3. The molecule has 0 bridgehead atoms. The summed E-state index contributed by atoms with van der Waals surface area (Å²) in [5.41, 5.74) is 6.88. The van der Waals surface area contributed by atoms with Gasteiger partial charge in [-0.2, -0.15) is 0 Å². The van der Waals surface area contributed by atoms with Crippen LogP contribution in [0.1, 0.15) is 18.4 Å². The zero-order valence-electron chi connectivity index (χ0n) is 10.8. The molecule has 3 N–H and O–H groups in total. The van der Waals surface area contributed by atoms with E-state index in [9.17, 15) is 0 Å². The van der Waals surface area contributed by atoms with E-state index in [-0.39, 0.29) is 24.0 Å². The first-order chi connectivity index (χ1) is 8.16. The van der Waals surface area contributed by atoms with E-state index in [0.29, 0.717) is 18.5 Å². The van der Waals surface area contributed by atoms with Crippen molar-refractivity contribution in [1.29, 1.82) is 0 Å². The Morgan fingerprint density at radius 1 is 1.56 bits per heavy atom. The van der Waals surface area contributed by atoms with Crippen LogP contribution in [0.2, 0.25) is 0 Å². The quantitative estimate of drug-likeness (QED) is 0.483. The lowest BCUT2D eigenvalue weighted by atomic mass is 10.2. The largest absolute Gasteiger partial charge is 0.370 e. The smallest absolute Gasteiger partial charge is 0.189 e. The van der Waals surface area contributed by atoms with Crippen LogP contribution in [0.25, 0.3) is 0 Å². The lowest BCUT2D eigenvalue weighted by molar-refractivity contribution is 0.876. The van der Waals surface area contributed by atoms with Gasteiger partial charge in [0, 0.05) is 31.9 Å². The van der Waals surface area contributed by atoms with E-state index >= 15 is 0 Å². The molecule has 0 aromatic carbocycles. The monoisotopic (exact) mass is 361 g/mol. The van der Waals surface area contributed by atoms with Crippen molar-refractivity contribution in [1.82, 2.24) is 10.3 Å². The van der Waals surface area contributed by atoms with Crippen molar-refractivity contribution in [2.45, 2.75) is 25.4 Å². The third-order valence-corrected chi connectivity index (χ3v) is 2.64. The zero-order valence-corrected chi connectivity index (χ0v) is 13.1. The molecule has 5 nitrogen and oxygen atoms in total. The van der Waals surface area contributed by atoms with Crippen molar-refractivity contribution in [3.63, 3.8) is 0 Å². The molecular formula is C12H20IN5. The van der Waals surface area contributed by atoms with E-state index < -0.39 is 0 Å². The average Bonchev–Trinajstić information content (AvgIpc) is 3.10. The van der Waals surface area contributed by atoms with Crippen molar-refractivity contribution in [3.05, 3.63) is 23.9 Å². The summed E-state index contributed by atoms with van der Waals surface area (Å²) < 4.78 is 0. The van der Waals surface area contributed by atoms with Crippen molar-refractivity contribution in [2.75, 3.05) is 19.0 Å². The minimum Gasteiger partial charge on any atom is -0.370 e.